The Hall–Kier alpha value is -0.840. The van der Waals surface area contributed by atoms with Crippen LogP contribution in [0.4, 0.5) is 0 Å². The molecule has 4 aliphatic carbocycles. The molecule has 0 N–H and O–H groups in total. The Morgan fingerprint density at radius 3 is 2.49 bits per heavy atom. The van der Waals surface area contributed by atoms with Crippen molar-refractivity contribution in [1.82, 2.24) is 0 Å². The summed E-state index contributed by atoms with van der Waals surface area (Å²) in [4.78, 5) is 13.1. The summed E-state index contributed by atoms with van der Waals surface area (Å²) in [5.41, 5.74) is 2.39. The smallest absolute Gasteiger partial charge is 0.314 e. The second-order valence-electron chi connectivity index (χ2n) is 14.1. The van der Waals surface area contributed by atoms with Crippen LogP contribution in [0.3, 0.4) is 0 Å². The molecule has 3 fully saturated rings. The van der Waals surface area contributed by atoms with Gasteiger partial charge in [0, 0.05) is 3.57 Å². The summed E-state index contributed by atoms with van der Waals surface area (Å²) in [6, 6.07) is 7.83. The van der Waals surface area contributed by atoms with Crippen LogP contribution >= 0.6 is 22.6 Å². The number of hydrogen-bond donors (Lipinski definition) is 0. The van der Waals surface area contributed by atoms with Gasteiger partial charge in [-0.05, 0) is 145 Å². The van der Waals surface area contributed by atoms with Gasteiger partial charge in [0.25, 0.3) is 0 Å². The van der Waals surface area contributed by atoms with Gasteiger partial charge in [0.05, 0.1) is 5.92 Å². The molecule has 0 unspecified atom stereocenters. The summed E-state index contributed by atoms with van der Waals surface area (Å²) in [5.74, 6) is 5.79. The van der Waals surface area contributed by atoms with Crippen LogP contribution in [-0.4, -0.2) is 5.97 Å². The molecule has 8 atom stereocenters. The van der Waals surface area contributed by atoms with E-state index in [1.807, 2.05) is 24.3 Å². The Bertz CT molecular complexity index is 996. The Labute approximate surface area is 239 Å². The van der Waals surface area contributed by atoms with Gasteiger partial charge >= 0.3 is 5.97 Å². The molecule has 0 radical (unpaired) electrons. The molecule has 0 spiro atoms. The lowest BCUT2D eigenvalue weighted by Crippen LogP contribution is -2.50. The Kier molecular flexibility index (Phi) is 8.22. The molecule has 0 aliphatic heterocycles. The van der Waals surface area contributed by atoms with Crippen molar-refractivity contribution in [2.24, 2.45) is 52.3 Å². The van der Waals surface area contributed by atoms with Crippen LogP contribution in [0.5, 0.6) is 5.75 Å². The van der Waals surface area contributed by atoms with Gasteiger partial charge in [0.2, 0.25) is 0 Å². The molecule has 0 heterocycles. The number of hydrogen-bond acceptors (Lipinski definition) is 2. The molecule has 37 heavy (non-hydrogen) atoms. The zero-order valence-electron chi connectivity index (χ0n) is 23.9. The molecule has 5 rings (SSSR count). The average Bonchev–Trinajstić information content (AvgIpc) is 3.22. The molecule has 0 amide bonds. The number of benzene rings is 1. The van der Waals surface area contributed by atoms with Crippen LogP contribution in [-0.2, 0) is 4.79 Å². The first-order valence-electron chi connectivity index (χ1n) is 15.3. The first kappa shape index (κ1) is 27.7. The van der Waals surface area contributed by atoms with Crippen LogP contribution in [0.25, 0.3) is 0 Å². The van der Waals surface area contributed by atoms with Crippen molar-refractivity contribution < 1.29 is 9.53 Å². The highest BCUT2D eigenvalue weighted by molar-refractivity contribution is 14.1. The van der Waals surface area contributed by atoms with Gasteiger partial charge in [-0.15, -0.1) is 0 Å². The monoisotopic (exact) mass is 616 g/mol. The van der Waals surface area contributed by atoms with E-state index in [0.29, 0.717) is 11.2 Å². The third kappa shape index (κ3) is 5.33. The summed E-state index contributed by atoms with van der Waals surface area (Å²) in [6.07, 6.45) is 16.8. The minimum atomic E-state index is -0.0346. The largest absolute Gasteiger partial charge is 0.426 e. The fourth-order valence-corrected chi connectivity index (χ4v) is 9.95. The van der Waals surface area contributed by atoms with E-state index in [1.54, 1.807) is 5.57 Å². The second-order valence-corrected chi connectivity index (χ2v) is 15.4. The highest BCUT2D eigenvalue weighted by Crippen LogP contribution is 2.67. The Morgan fingerprint density at radius 1 is 1.00 bits per heavy atom. The van der Waals surface area contributed by atoms with E-state index >= 15 is 0 Å². The highest BCUT2D eigenvalue weighted by atomic mass is 127. The number of carbonyl (C=O) groups excluding carboxylic acids is 1. The lowest BCUT2D eigenvalue weighted by atomic mass is 9.46. The van der Waals surface area contributed by atoms with E-state index in [9.17, 15) is 4.79 Å². The number of fused-ring (bicyclic) bond motifs is 5. The quantitative estimate of drug-likeness (QED) is 0.132. The van der Waals surface area contributed by atoms with Gasteiger partial charge in [0.15, 0.2) is 0 Å². The van der Waals surface area contributed by atoms with E-state index in [2.05, 4.69) is 63.3 Å². The lowest BCUT2D eigenvalue weighted by molar-refractivity contribution is -0.140. The summed E-state index contributed by atoms with van der Waals surface area (Å²) in [7, 11) is 0. The number of ether oxygens (including phenoxy) is 1. The average molecular weight is 617 g/mol. The van der Waals surface area contributed by atoms with Crippen molar-refractivity contribution in [2.75, 3.05) is 0 Å². The standard InChI is InChI=1S/C34H49IO2/c1-22(2)7-6-8-23(3)29-15-16-30-28-14-9-25-21-24(32(36)37-27-12-10-26(35)11-13-27)17-19-33(25,4)31(28)18-20-34(29,30)5/h9-13,22-24,28-31H,6-8,14-21H2,1-5H3/t23-,24+,28+,29-,30+,31+,33+,34-/m1/s1. The van der Waals surface area contributed by atoms with Crippen molar-refractivity contribution in [3.05, 3.63) is 39.5 Å². The van der Waals surface area contributed by atoms with E-state index in [0.717, 1.165) is 58.3 Å². The minimum absolute atomic E-state index is 0.00607. The van der Waals surface area contributed by atoms with E-state index in [4.69, 9.17) is 4.74 Å². The number of carbonyl (C=O) groups is 1. The fraction of sp³-hybridized carbons (Fsp3) is 0.735. The topological polar surface area (TPSA) is 26.3 Å². The van der Waals surface area contributed by atoms with Crippen molar-refractivity contribution >= 4 is 28.6 Å². The van der Waals surface area contributed by atoms with Gasteiger partial charge < -0.3 is 4.74 Å². The summed E-state index contributed by atoms with van der Waals surface area (Å²) in [6.45, 7) is 12.5. The molecule has 1 aromatic carbocycles. The molecule has 4 aliphatic rings. The number of rotatable bonds is 7. The molecular formula is C34H49IO2. The normalized spacial score (nSPS) is 37.8. The Morgan fingerprint density at radius 2 is 1.76 bits per heavy atom. The third-order valence-corrected chi connectivity index (χ3v) is 12.4. The summed E-state index contributed by atoms with van der Waals surface area (Å²) >= 11 is 2.28. The van der Waals surface area contributed by atoms with E-state index in [-0.39, 0.29) is 17.3 Å². The van der Waals surface area contributed by atoms with E-state index < -0.39 is 0 Å². The molecule has 1 aromatic rings. The Balaban J connectivity index is 1.25. The van der Waals surface area contributed by atoms with E-state index in [1.165, 1.54) is 51.4 Å². The van der Waals surface area contributed by atoms with Crippen LogP contribution in [0.15, 0.2) is 35.9 Å². The minimum Gasteiger partial charge on any atom is -0.426 e. The maximum atomic E-state index is 13.1. The molecule has 0 aromatic heterocycles. The predicted octanol–water partition coefficient (Wildman–Crippen LogP) is 9.85. The molecule has 0 saturated heterocycles. The van der Waals surface area contributed by atoms with Gasteiger partial charge in [0.1, 0.15) is 5.75 Å². The maximum absolute atomic E-state index is 13.1. The molecule has 0 bridgehead atoms. The zero-order chi connectivity index (χ0) is 26.4. The van der Waals surface area contributed by atoms with Gasteiger partial charge in [-0.2, -0.15) is 0 Å². The van der Waals surface area contributed by atoms with Crippen LogP contribution in [0.1, 0.15) is 105 Å². The first-order chi connectivity index (χ1) is 17.6. The lowest BCUT2D eigenvalue weighted by Gasteiger charge is -2.58. The van der Waals surface area contributed by atoms with Crippen molar-refractivity contribution in [3.63, 3.8) is 0 Å². The molecule has 3 saturated carbocycles. The molecule has 3 heteroatoms. The number of allylic oxidation sites excluding steroid dienone is 2. The number of esters is 1. The molecule has 204 valence electrons. The zero-order valence-corrected chi connectivity index (χ0v) is 26.1. The van der Waals surface area contributed by atoms with Crippen molar-refractivity contribution in [1.29, 1.82) is 0 Å². The van der Waals surface area contributed by atoms with Gasteiger partial charge in [-0.1, -0.05) is 65.5 Å². The number of halogens is 1. The third-order valence-electron chi connectivity index (χ3n) is 11.7. The second kappa shape index (κ2) is 11.0. The molecular weight excluding hydrogens is 567 g/mol. The first-order valence-corrected chi connectivity index (χ1v) is 16.4. The van der Waals surface area contributed by atoms with Crippen molar-refractivity contribution in [3.8, 4) is 5.75 Å². The predicted molar refractivity (Wildman–Crippen MR) is 161 cm³/mol. The SMILES string of the molecule is CC(C)CCC[C@@H](C)[C@H]1CC[C@H]2[C@@H]3CC=C4C[C@@H](C(=O)Oc5ccc(I)cc5)CC[C@]4(C)[C@H]3CC[C@]12C. The maximum Gasteiger partial charge on any atom is 0.314 e. The summed E-state index contributed by atoms with van der Waals surface area (Å²) < 4.78 is 6.96. The van der Waals surface area contributed by atoms with Crippen LogP contribution < -0.4 is 4.74 Å². The van der Waals surface area contributed by atoms with Gasteiger partial charge in [-0.3, -0.25) is 4.79 Å². The van der Waals surface area contributed by atoms with Crippen LogP contribution in [0.2, 0.25) is 0 Å². The van der Waals surface area contributed by atoms with Crippen molar-refractivity contribution in [2.45, 2.75) is 105 Å². The summed E-state index contributed by atoms with van der Waals surface area (Å²) in [5, 5.41) is 0. The van der Waals surface area contributed by atoms with Crippen LogP contribution in [0, 0.1) is 55.8 Å². The fourth-order valence-electron chi connectivity index (χ4n) is 9.59. The molecule has 2 nitrogen and oxygen atoms in total. The van der Waals surface area contributed by atoms with Gasteiger partial charge in [-0.25, -0.2) is 0 Å². The highest BCUT2D eigenvalue weighted by Gasteiger charge is 2.59.